The van der Waals surface area contributed by atoms with E-state index in [2.05, 4.69) is 15.4 Å². The maximum Gasteiger partial charge on any atom is 0.247 e. The first kappa shape index (κ1) is 17.1. The zero-order valence-corrected chi connectivity index (χ0v) is 15.3. The standard InChI is InChI=1S/C14H22N6O3S/c1-9-14(10(2)18(3)16-9)24(21,22)20-7-6-11-13(12(20)8-23-5)15-17-19(11)4/h12H,6-8H2,1-5H3/t12-/m1/s1. The average Bonchev–Trinajstić information content (AvgIpc) is 3.00. The van der Waals surface area contributed by atoms with Crippen molar-refractivity contribution in [3.05, 3.63) is 22.8 Å². The Balaban J connectivity index is 2.10. The Bertz CT molecular complexity index is 869. The predicted molar refractivity (Wildman–Crippen MR) is 85.9 cm³/mol. The van der Waals surface area contributed by atoms with Crippen LogP contribution in [-0.4, -0.2) is 57.8 Å². The molecule has 0 fully saturated rings. The number of aryl methyl sites for hydroxylation is 3. The highest BCUT2D eigenvalue weighted by Gasteiger charge is 2.41. The number of nitrogens with zero attached hydrogens (tertiary/aromatic N) is 6. The quantitative estimate of drug-likeness (QED) is 0.773. The van der Waals surface area contributed by atoms with Gasteiger partial charge in [0.15, 0.2) is 0 Å². The molecule has 0 unspecified atom stereocenters. The summed E-state index contributed by atoms with van der Waals surface area (Å²) in [5.41, 5.74) is 2.72. The van der Waals surface area contributed by atoms with Crippen molar-refractivity contribution >= 4 is 10.0 Å². The summed E-state index contributed by atoms with van der Waals surface area (Å²) in [6.45, 7) is 4.06. The summed E-state index contributed by atoms with van der Waals surface area (Å²) in [6, 6.07) is -0.489. The molecule has 0 N–H and O–H groups in total. The molecule has 10 heteroatoms. The molecule has 3 rings (SSSR count). The summed E-state index contributed by atoms with van der Waals surface area (Å²) in [5.74, 6) is 0. The van der Waals surface area contributed by atoms with Gasteiger partial charge in [0.05, 0.1) is 29.7 Å². The minimum absolute atomic E-state index is 0.225. The van der Waals surface area contributed by atoms with Gasteiger partial charge in [0, 0.05) is 34.2 Å². The number of sulfonamides is 1. The van der Waals surface area contributed by atoms with Crippen molar-refractivity contribution in [1.82, 2.24) is 29.1 Å². The van der Waals surface area contributed by atoms with Crippen molar-refractivity contribution in [3.8, 4) is 0 Å². The molecular weight excluding hydrogens is 332 g/mol. The summed E-state index contributed by atoms with van der Waals surface area (Å²) in [5, 5.41) is 12.4. The Kier molecular flexibility index (Phi) is 4.22. The molecule has 3 heterocycles. The molecule has 1 aliphatic rings. The number of hydrogen-bond acceptors (Lipinski definition) is 6. The van der Waals surface area contributed by atoms with E-state index in [1.165, 1.54) is 4.31 Å². The topological polar surface area (TPSA) is 95.1 Å². The highest BCUT2D eigenvalue weighted by atomic mass is 32.2. The molecule has 9 nitrogen and oxygen atoms in total. The first-order chi connectivity index (χ1) is 11.3. The molecule has 0 amide bonds. The van der Waals surface area contributed by atoms with Gasteiger partial charge in [-0.15, -0.1) is 5.10 Å². The molecule has 0 bridgehead atoms. The van der Waals surface area contributed by atoms with Gasteiger partial charge in [-0.1, -0.05) is 5.21 Å². The van der Waals surface area contributed by atoms with Gasteiger partial charge in [-0.25, -0.2) is 8.42 Å². The monoisotopic (exact) mass is 354 g/mol. The lowest BCUT2D eigenvalue weighted by Crippen LogP contribution is -2.42. The third-order valence-electron chi connectivity index (χ3n) is 4.54. The molecule has 24 heavy (non-hydrogen) atoms. The van der Waals surface area contributed by atoms with Crippen LogP contribution in [-0.2, 0) is 35.3 Å². The Morgan fingerprint density at radius 1 is 1.25 bits per heavy atom. The van der Waals surface area contributed by atoms with Crippen LogP contribution in [0.5, 0.6) is 0 Å². The summed E-state index contributed by atoms with van der Waals surface area (Å²) in [4.78, 5) is 0.262. The van der Waals surface area contributed by atoms with E-state index in [0.717, 1.165) is 5.69 Å². The molecule has 0 saturated carbocycles. The van der Waals surface area contributed by atoms with E-state index in [9.17, 15) is 8.42 Å². The molecule has 0 aliphatic carbocycles. The van der Waals surface area contributed by atoms with Gasteiger partial charge in [-0.05, 0) is 13.8 Å². The summed E-state index contributed by atoms with van der Waals surface area (Å²) in [6.07, 6.45) is 0.566. The van der Waals surface area contributed by atoms with E-state index in [1.54, 1.807) is 37.4 Å². The van der Waals surface area contributed by atoms with E-state index in [-0.39, 0.29) is 11.5 Å². The second-order valence-corrected chi connectivity index (χ2v) is 7.83. The van der Waals surface area contributed by atoms with Crippen LogP contribution in [0, 0.1) is 13.8 Å². The minimum atomic E-state index is -3.71. The van der Waals surface area contributed by atoms with Gasteiger partial charge in [0.25, 0.3) is 0 Å². The number of aromatic nitrogens is 5. The Hall–Kier alpha value is -1.78. The van der Waals surface area contributed by atoms with Gasteiger partial charge in [0.2, 0.25) is 10.0 Å². The summed E-state index contributed by atoms with van der Waals surface area (Å²) >= 11 is 0. The highest BCUT2D eigenvalue weighted by molar-refractivity contribution is 7.89. The van der Waals surface area contributed by atoms with Crippen LogP contribution in [0.1, 0.15) is 28.8 Å². The molecule has 0 spiro atoms. The smallest absolute Gasteiger partial charge is 0.247 e. The summed E-state index contributed by atoms with van der Waals surface area (Å²) in [7, 11) is 1.39. The molecule has 1 aliphatic heterocycles. The first-order valence-electron chi connectivity index (χ1n) is 7.68. The maximum atomic E-state index is 13.3. The molecule has 0 aromatic carbocycles. The van der Waals surface area contributed by atoms with Gasteiger partial charge in [0.1, 0.15) is 10.6 Å². The molecule has 2 aromatic rings. The third kappa shape index (κ3) is 2.45. The fraction of sp³-hybridized carbons (Fsp3) is 0.643. The Morgan fingerprint density at radius 3 is 2.54 bits per heavy atom. The van der Waals surface area contributed by atoms with Crippen LogP contribution < -0.4 is 0 Å². The number of ether oxygens (including phenoxy) is 1. The predicted octanol–water partition coefficient (Wildman–Crippen LogP) is 0.0999. The van der Waals surface area contributed by atoms with Crippen LogP contribution in [0.4, 0.5) is 0 Å². The van der Waals surface area contributed by atoms with E-state index in [4.69, 9.17) is 4.74 Å². The van der Waals surface area contributed by atoms with Crippen LogP contribution >= 0.6 is 0 Å². The maximum absolute atomic E-state index is 13.3. The number of hydrogen-bond donors (Lipinski definition) is 0. The van der Waals surface area contributed by atoms with Gasteiger partial charge in [-0.2, -0.15) is 9.40 Å². The zero-order valence-electron chi connectivity index (χ0n) is 14.5. The highest BCUT2D eigenvalue weighted by Crippen LogP contribution is 2.34. The van der Waals surface area contributed by atoms with E-state index in [0.29, 0.717) is 30.0 Å². The fourth-order valence-electron chi connectivity index (χ4n) is 3.30. The van der Waals surface area contributed by atoms with Crippen LogP contribution in [0.25, 0.3) is 0 Å². The van der Waals surface area contributed by atoms with Gasteiger partial charge < -0.3 is 4.74 Å². The second kappa shape index (κ2) is 5.94. The Labute approximate surface area is 141 Å². The minimum Gasteiger partial charge on any atom is -0.383 e. The Morgan fingerprint density at radius 2 is 1.96 bits per heavy atom. The van der Waals surface area contributed by atoms with Crippen LogP contribution in [0.2, 0.25) is 0 Å². The lowest BCUT2D eigenvalue weighted by Gasteiger charge is -2.33. The summed E-state index contributed by atoms with van der Waals surface area (Å²) < 4.78 is 36.6. The molecule has 1 atom stereocenters. The third-order valence-corrected chi connectivity index (χ3v) is 6.70. The number of methoxy groups -OCH3 is 1. The van der Waals surface area contributed by atoms with Crippen molar-refractivity contribution in [1.29, 1.82) is 0 Å². The normalized spacial score (nSPS) is 18.8. The number of rotatable bonds is 4. The van der Waals surface area contributed by atoms with Crippen molar-refractivity contribution in [2.75, 3.05) is 20.3 Å². The van der Waals surface area contributed by atoms with E-state index >= 15 is 0 Å². The zero-order chi connectivity index (χ0) is 17.6. The SMILES string of the molecule is COC[C@@H]1c2nnn(C)c2CCN1S(=O)(=O)c1c(C)nn(C)c1C. The molecule has 0 radical (unpaired) electrons. The van der Waals surface area contributed by atoms with E-state index in [1.807, 2.05) is 7.05 Å². The van der Waals surface area contributed by atoms with Gasteiger partial charge in [-0.3, -0.25) is 9.36 Å². The first-order valence-corrected chi connectivity index (χ1v) is 9.12. The van der Waals surface area contributed by atoms with Gasteiger partial charge >= 0.3 is 0 Å². The van der Waals surface area contributed by atoms with Crippen LogP contribution in [0.3, 0.4) is 0 Å². The lowest BCUT2D eigenvalue weighted by molar-refractivity contribution is 0.125. The molecule has 2 aromatic heterocycles. The largest absolute Gasteiger partial charge is 0.383 e. The molecular formula is C14H22N6O3S. The van der Waals surface area contributed by atoms with Crippen molar-refractivity contribution < 1.29 is 13.2 Å². The van der Waals surface area contributed by atoms with Crippen molar-refractivity contribution in [2.24, 2.45) is 14.1 Å². The van der Waals surface area contributed by atoms with Crippen molar-refractivity contribution in [2.45, 2.75) is 31.2 Å². The second-order valence-electron chi connectivity index (χ2n) is 6.01. The molecule has 0 saturated heterocycles. The van der Waals surface area contributed by atoms with E-state index < -0.39 is 16.1 Å². The van der Waals surface area contributed by atoms with Crippen molar-refractivity contribution in [3.63, 3.8) is 0 Å². The fourth-order valence-corrected chi connectivity index (χ4v) is 5.28. The number of fused-ring (bicyclic) bond motifs is 1. The lowest BCUT2D eigenvalue weighted by atomic mass is 10.1. The average molecular weight is 354 g/mol. The molecule has 132 valence electrons. The van der Waals surface area contributed by atoms with Crippen LogP contribution in [0.15, 0.2) is 4.90 Å².